The van der Waals surface area contributed by atoms with E-state index in [0.29, 0.717) is 12.3 Å². The van der Waals surface area contributed by atoms with Crippen LogP contribution < -0.4 is 0 Å². The number of hydrogen-bond acceptors (Lipinski definition) is 3. The van der Waals surface area contributed by atoms with E-state index >= 15 is 0 Å². The van der Waals surface area contributed by atoms with E-state index in [1.807, 2.05) is 25.2 Å². The van der Waals surface area contributed by atoms with Crippen LogP contribution >= 0.6 is 0 Å². The van der Waals surface area contributed by atoms with E-state index in [-0.39, 0.29) is 5.76 Å². The first-order chi connectivity index (χ1) is 10.5. The minimum Gasteiger partial charge on any atom is -0.475 e. The van der Waals surface area contributed by atoms with Crippen molar-refractivity contribution in [2.45, 2.75) is 20.4 Å². The Hall–Kier alpha value is -2.33. The number of nitrogens with zero attached hydrogens (tertiary/aromatic N) is 1. The summed E-state index contributed by atoms with van der Waals surface area (Å²) < 4.78 is 5.24. The molecule has 116 valence electrons. The summed E-state index contributed by atoms with van der Waals surface area (Å²) in [5.41, 5.74) is 3.33. The monoisotopic (exact) mass is 299 g/mol. The van der Waals surface area contributed by atoms with Gasteiger partial charge in [0, 0.05) is 18.7 Å². The highest BCUT2D eigenvalue weighted by molar-refractivity contribution is 5.84. The fourth-order valence-electron chi connectivity index (χ4n) is 2.43. The second-order valence-corrected chi connectivity index (χ2v) is 5.57. The zero-order valence-corrected chi connectivity index (χ0v) is 13.2. The molecule has 0 amide bonds. The molecular formula is C18H21NO3. The molecule has 2 rings (SSSR count). The molecule has 2 aromatic rings. The van der Waals surface area contributed by atoms with Crippen LogP contribution in [0.1, 0.15) is 34.4 Å². The molecule has 22 heavy (non-hydrogen) atoms. The van der Waals surface area contributed by atoms with E-state index in [1.54, 1.807) is 13.0 Å². The van der Waals surface area contributed by atoms with Crippen LogP contribution in [0.5, 0.6) is 0 Å². The van der Waals surface area contributed by atoms with Gasteiger partial charge in [-0.2, -0.15) is 0 Å². The molecule has 0 fully saturated rings. The minimum absolute atomic E-state index is 0.00236. The SMILES string of the molecule is C/C(=C\c1ccccc1)CN(C)Cc1cc(C(=O)O)oc1C. The maximum Gasteiger partial charge on any atom is 0.371 e. The van der Waals surface area contributed by atoms with Gasteiger partial charge in [0.2, 0.25) is 5.76 Å². The molecule has 0 aliphatic carbocycles. The largest absolute Gasteiger partial charge is 0.475 e. The number of rotatable bonds is 6. The quantitative estimate of drug-likeness (QED) is 0.881. The van der Waals surface area contributed by atoms with E-state index < -0.39 is 5.97 Å². The fraction of sp³-hybridized carbons (Fsp3) is 0.278. The molecule has 0 aliphatic heterocycles. The van der Waals surface area contributed by atoms with Crippen LogP contribution in [0.25, 0.3) is 6.08 Å². The maximum absolute atomic E-state index is 10.9. The molecule has 1 heterocycles. The second-order valence-electron chi connectivity index (χ2n) is 5.57. The summed E-state index contributed by atoms with van der Waals surface area (Å²) in [4.78, 5) is 13.1. The lowest BCUT2D eigenvalue weighted by atomic mass is 10.1. The first-order valence-corrected chi connectivity index (χ1v) is 7.19. The Labute approximate surface area is 130 Å². The molecule has 1 aromatic heterocycles. The molecule has 0 saturated heterocycles. The number of aryl methyl sites for hydroxylation is 1. The normalized spacial score (nSPS) is 11.9. The van der Waals surface area contributed by atoms with Crippen LogP contribution in [0.3, 0.4) is 0 Å². The smallest absolute Gasteiger partial charge is 0.371 e. The fourth-order valence-corrected chi connectivity index (χ4v) is 2.43. The van der Waals surface area contributed by atoms with Crippen LogP contribution in [0.15, 0.2) is 46.4 Å². The topological polar surface area (TPSA) is 53.7 Å². The first kappa shape index (κ1) is 16.0. The molecule has 1 N–H and O–H groups in total. The number of carboxylic acid groups (broad SMARTS) is 1. The molecule has 0 bridgehead atoms. The molecule has 0 spiro atoms. The number of carboxylic acids is 1. The third kappa shape index (κ3) is 4.33. The molecule has 0 atom stereocenters. The minimum atomic E-state index is -1.03. The van der Waals surface area contributed by atoms with Gasteiger partial charge >= 0.3 is 5.97 Å². The number of carbonyl (C=O) groups is 1. The van der Waals surface area contributed by atoms with Gasteiger partial charge in [-0.3, -0.25) is 4.90 Å². The van der Waals surface area contributed by atoms with E-state index in [4.69, 9.17) is 9.52 Å². The highest BCUT2D eigenvalue weighted by atomic mass is 16.4. The van der Waals surface area contributed by atoms with Gasteiger partial charge in [0.1, 0.15) is 5.76 Å². The van der Waals surface area contributed by atoms with Crippen LogP contribution in [0.2, 0.25) is 0 Å². The number of benzene rings is 1. The van der Waals surface area contributed by atoms with Crippen LogP contribution in [-0.4, -0.2) is 29.6 Å². The Morgan fingerprint density at radius 1 is 1.32 bits per heavy atom. The number of furan rings is 1. The molecule has 4 heteroatoms. The summed E-state index contributed by atoms with van der Waals surface area (Å²) in [6, 6.07) is 11.8. The molecule has 0 unspecified atom stereocenters. The summed E-state index contributed by atoms with van der Waals surface area (Å²) in [6.07, 6.45) is 2.15. The third-order valence-electron chi connectivity index (χ3n) is 3.40. The maximum atomic E-state index is 10.9. The van der Waals surface area contributed by atoms with Crippen molar-refractivity contribution in [1.82, 2.24) is 4.90 Å². The number of hydrogen-bond donors (Lipinski definition) is 1. The zero-order valence-electron chi connectivity index (χ0n) is 13.2. The first-order valence-electron chi connectivity index (χ1n) is 7.19. The van der Waals surface area contributed by atoms with Gasteiger partial charge in [0.25, 0.3) is 0 Å². The standard InChI is InChI=1S/C18H21NO3/c1-13(9-15-7-5-4-6-8-15)11-19(3)12-16-10-17(18(20)21)22-14(16)2/h4-10H,11-12H2,1-3H3,(H,20,21)/b13-9+. The van der Waals surface area contributed by atoms with Crippen molar-refractivity contribution >= 4 is 12.0 Å². The summed E-state index contributed by atoms with van der Waals surface area (Å²) in [5.74, 6) is -0.372. The van der Waals surface area contributed by atoms with Crippen molar-refractivity contribution in [3.05, 3.63) is 64.6 Å². The number of aromatic carboxylic acids is 1. The van der Waals surface area contributed by atoms with Gasteiger partial charge in [-0.05, 0) is 32.5 Å². The van der Waals surface area contributed by atoms with Gasteiger partial charge < -0.3 is 9.52 Å². The van der Waals surface area contributed by atoms with E-state index in [9.17, 15) is 4.79 Å². The Morgan fingerprint density at radius 3 is 2.59 bits per heavy atom. The Morgan fingerprint density at radius 2 is 2.00 bits per heavy atom. The van der Waals surface area contributed by atoms with E-state index in [0.717, 1.165) is 12.1 Å². The summed E-state index contributed by atoms with van der Waals surface area (Å²) in [7, 11) is 2.01. The lowest BCUT2D eigenvalue weighted by Gasteiger charge is -2.16. The predicted molar refractivity (Wildman–Crippen MR) is 86.8 cm³/mol. The lowest BCUT2D eigenvalue weighted by Crippen LogP contribution is -2.20. The van der Waals surface area contributed by atoms with Crippen LogP contribution in [-0.2, 0) is 6.54 Å². The van der Waals surface area contributed by atoms with Crippen molar-refractivity contribution < 1.29 is 14.3 Å². The van der Waals surface area contributed by atoms with Gasteiger partial charge in [-0.1, -0.05) is 42.0 Å². The molecule has 0 saturated carbocycles. The highest BCUT2D eigenvalue weighted by Gasteiger charge is 2.14. The Kier molecular flexibility index (Phi) is 5.17. The average molecular weight is 299 g/mol. The van der Waals surface area contributed by atoms with Crippen molar-refractivity contribution in [2.24, 2.45) is 0 Å². The molecule has 4 nitrogen and oxygen atoms in total. The van der Waals surface area contributed by atoms with Gasteiger partial charge in [-0.25, -0.2) is 4.79 Å². The average Bonchev–Trinajstić information content (AvgIpc) is 2.81. The zero-order chi connectivity index (χ0) is 16.1. The highest BCUT2D eigenvalue weighted by Crippen LogP contribution is 2.17. The van der Waals surface area contributed by atoms with Crippen LogP contribution in [0.4, 0.5) is 0 Å². The molecule has 0 aliphatic rings. The molecular weight excluding hydrogens is 278 g/mol. The van der Waals surface area contributed by atoms with E-state index in [1.165, 1.54) is 11.1 Å². The van der Waals surface area contributed by atoms with E-state index in [2.05, 4.69) is 30.0 Å². The Balaban J connectivity index is 1.99. The second kappa shape index (κ2) is 7.09. The summed E-state index contributed by atoms with van der Waals surface area (Å²) in [5, 5.41) is 8.95. The van der Waals surface area contributed by atoms with Crippen molar-refractivity contribution in [1.29, 1.82) is 0 Å². The predicted octanol–water partition coefficient (Wildman–Crippen LogP) is 3.82. The number of likely N-dealkylation sites (N-methyl/N-ethyl adjacent to an activating group) is 1. The Bertz CT molecular complexity index is 671. The summed E-state index contributed by atoms with van der Waals surface area (Å²) >= 11 is 0. The molecule has 0 radical (unpaired) electrons. The van der Waals surface area contributed by atoms with Gasteiger partial charge in [0.15, 0.2) is 0 Å². The van der Waals surface area contributed by atoms with Crippen molar-refractivity contribution in [2.75, 3.05) is 13.6 Å². The van der Waals surface area contributed by atoms with Crippen LogP contribution in [0, 0.1) is 6.92 Å². The summed E-state index contributed by atoms with van der Waals surface area (Å²) in [6.45, 7) is 5.35. The third-order valence-corrected chi connectivity index (χ3v) is 3.40. The lowest BCUT2D eigenvalue weighted by molar-refractivity contribution is 0.0661. The van der Waals surface area contributed by atoms with Crippen molar-refractivity contribution in [3.63, 3.8) is 0 Å². The van der Waals surface area contributed by atoms with Gasteiger partial charge in [-0.15, -0.1) is 0 Å². The van der Waals surface area contributed by atoms with Crippen molar-refractivity contribution in [3.8, 4) is 0 Å². The molecule has 1 aromatic carbocycles. The van der Waals surface area contributed by atoms with Gasteiger partial charge in [0.05, 0.1) is 0 Å².